The Balaban J connectivity index is 0.00000169. The fraction of sp³-hybridized carbons (Fsp3) is 0.250. The van der Waals surface area contributed by atoms with Crippen LogP contribution >= 0.6 is 11.8 Å². The molecule has 0 aliphatic heterocycles. The molecule has 1 aromatic heterocycles. The van der Waals surface area contributed by atoms with Crippen LogP contribution in [0.4, 0.5) is 24.7 Å². The lowest BCUT2D eigenvalue weighted by Crippen LogP contribution is -2.34. The van der Waals surface area contributed by atoms with Gasteiger partial charge in [0.2, 0.25) is 0 Å². The van der Waals surface area contributed by atoms with Crippen LogP contribution in [0.3, 0.4) is 0 Å². The van der Waals surface area contributed by atoms with E-state index in [1.807, 2.05) is 45.2 Å². The lowest BCUT2D eigenvalue weighted by Gasteiger charge is -2.20. The van der Waals surface area contributed by atoms with Crippen molar-refractivity contribution in [2.75, 3.05) is 53.9 Å². The number of hydrogen-bond donors (Lipinski definition) is 1. The SMILES string of the molecule is COc1ccc(N(C)c2cnc(SC(c3ccc(F)cc3)c3c(F)cc(C#CC[N+](C)(C)C)cc3F)[nH]2)cc1OC.O=C[O-]. The van der Waals surface area contributed by atoms with E-state index >= 15 is 8.78 Å². The molecule has 1 heterocycles. The number of nitrogens with one attached hydrogen (secondary N) is 1. The molecule has 3 aromatic carbocycles. The number of quaternary nitrogens is 1. The molecular weight excluding hydrogens is 593 g/mol. The van der Waals surface area contributed by atoms with E-state index in [-0.39, 0.29) is 11.1 Å². The fourth-order valence-corrected chi connectivity index (χ4v) is 5.16. The van der Waals surface area contributed by atoms with Crippen molar-refractivity contribution in [2.24, 2.45) is 0 Å². The molecule has 4 rings (SSSR count). The van der Waals surface area contributed by atoms with Crippen molar-refractivity contribution in [3.63, 3.8) is 0 Å². The first-order valence-corrected chi connectivity index (χ1v) is 14.1. The van der Waals surface area contributed by atoms with Crippen molar-refractivity contribution < 1.29 is 37.0 Å². The zero-order valence-electron chi connectivity index (χ0n) is 25.2. The van der Waals surface area contributed by atoms with Crippen molar-refractivity contribution in [3.8, 4) is 23.3 Å². The predicted molar refractivity (Wildman–Crippen MR) is 162 cm³/mol. The lowest BCUT2D eigenvalue weighted by molar-refractivity contribution is -0.862. The Morgan fingerprint density at radius 3 is 2.20 bits per heavy atom. The largest absolute Gasteiger partial charge is 0.554 e. The molecule has 0 bridgehead atoms. The maximum absolute atomic E-state index is 15.5. The number of nitrogens with zero attached hydrogens (tertiary/aromatic N) is 3. The minimum Gasteiger partial charge on any atom is -0.554 e. The van der Waals surface area contributed by atoms with Gasteiger partial charge in [0.05, 0.1) is 46.8 Å². The number of anilines is 2. The topological polar surface area (TPSA) is 90.5 Å². The number of hydrogen-bond acceptors (Lipinski definition) is 7. The van der Waals surface area contributed by atoms with Gasteiger partial charge in [-0.1, -0.05) is 29.8 Å². The molecule has 8 nitrogen and oxygen atoms in total. The van der Waals surface area contributed by atoms with E-state index in [1.165, 1.54) is 36.4 Å². The Morgan fingerprint density at radius 2 is 1.64 bits per heavy atom. The van der Waals surface area contributed by atoms with E-state index in [2.05, 4.69) is 21.8 Å². The maximum Gasteiger partial charge on any atom is 0.167 e. The molecule has 12 heteroatoms. The molecule has 232 valence electrons. The minimum atomic E-state index is -0.853. The van der Waals surface area contributed by atoms with Crippen molar-refractivity contribution in [1.82, 2.24) is 9.97 Å². The first-order valence-electron chi connectivity index (χ1n) is 13.2. The van der Waals surface area contributed by atoms with Gasteiger partial charge in [-0.3, -0.25) is 0 Å². The molecule has 0 saturated carbocycles. The summed E-state index contributed by atoms with van der Waals surface area (Å²) >= 11 is 1.12. The first-order chi connectivity index (χ1) is 20.9. The molecular formula is C32H33F3N4O4S. The number of aromatic amines is 1. The number of thioether (sulfide) groups is 1. The molecule has 1 N–H and O–H groups in total. The van der Waals surface area contributed by atoms with Crippen LogP contribution in [-0.4, -0.2) is 69.9 Å². The van der Waals surface area contributed by atoms with Crippen LogP contribution < -0.4 is 19.5 Å². The highest BCUT2D eigenvalue weighted by molar-refractivity contribution is 7.99. The highest BCUT2D eigenvalue weighted by atomic mass is 32.2. The van der Waals surface area contributed by atoms with Crippen LogP contribution in [0.1, 0.15) is 21.9 Å². The maximum atomic E-state index is 15.5. The van der Waals surface area contributed by atoms with Gasteiger partial charge in [-0.2, -0.15) is 0 Å². The monoisotopic (exact) mass is 626 g/mol. The first kappa shape index (κ1) is 33.9. The zero-order valence-corrected chi connectivity index (χ0v) is 26.0. The van der Waals surface area contributed by atoms with Crippen LogP contribution in [-0.2, 0) is 4.79 Å². The van der Waals surface area contributed by atoms with E-state index in [4.69, 9.17) is 19.4 Å². The van der Waals surface area contributed by atoms with Crippen molar-refractivity contribution >= 4 is 29.7 Å². The average molecular weight is 627 g/mol. The molecule has 0 spiro atoms. The Kier molecular flexibility index (Phi) is 11.7. The third-order valence-corrected chi connectivity index (χ3v) is 7.36. The van der Waals surface area contributed by atoms with Gasteiger partial charge in [-0.25, -0.2) is 18.2 Å². The fourth-order valence-electron chi connectivity index (χ4n) is 4.03. The van der Waals surface area contributed by atoms with Crippen LogP contribution in [0.25, 0.3) is 0 Å². The molecule has 4 aromatic rings. The van der Waals surface area contributed by atoms with Crippen molar-refractivity contribution in [2.45, 2.75) is 10.4 Å². The third-order valence-electron chi connectivity index (χ3n) is 6.18. The van der Waals surface area contributed by atoms with Crippen LogP contribution in [0.2, 0.25) is 0 Å². The number of ether oxygens (including phenoxy) is 2. The summed E-state index contributed by atoms with van der Waals surface area (Å²) in [5.41, 5.74) is 1.41. The smallest absolute Gasteiger partial charge is 0.167 e. The van der Waals surface area contributed by atoms with E-state index in [9.17, 15) is 4.39 Å². The van der Waals surface area contributed by atoms with E-state index in [1.54, 1.807) is 26.5 Å². The molecule has 0 aliphatic rings. The Morgan fingerprint density at radius 1 is 1.02 bits per heavy atom. The number of benzene rings is 3. The summed E-state index contributed by atoms with van der Waals surface area (Å²) in [7, 11) is 10.9. The predicted octanol–water partition coefficient (Wildman–Crippen LogP) is 4.92. The van der Waals surface area contributed by atoms with Crippen LogP contribution in [0.15, 0.2) is 66.0 Å². The summed E-state index contributed by atoms with van der Waals surface area (Å²) in [5.74, 6) is 5.70. The Hall–Kier alpha value is -4.60. The third kappa shape index (κ3) is 8.95. The molecule has 0 aliphatic carbocycles. The molecule has 1 unspecified atom stereocenters. The van der Waals surface area contributed by atoms with Gasteiger partial charge < -0.3 is 33.7 Å². The number of methoxy groups -OCH3 is 2. The second kappa shape index (κ2) is 15.2. The molecule has 44 heavy (non-hydrogen) atoms. The highest BCUT2D eigenvalue weighted by Gasteiger charge is 2.26. The number of aromatic nitrogens is 2. The summed E-state index contributed by atoms with van der Waals surface area (Å²) < 4.78 is 56.1. The van der Waals surface area contributed by atoms with Gasteiger partial charge in [0.15, 0.2) is 16.7 Å². The molecule has 1 atom stereocenters. The molecule has 0 amide bonds. The summed E-state index contributed by atoms with van der Waals surface area (Å²) in [6, 6.07) is 13.5. The standard InChI is InChI=1S/C31H32F3N4O2S.CH2O2/c1-37(23-13-14-26(39-5)27(18-23)40-6)28-19-35-31(36-28)41-30(21-9-11-22(32)12-10-21)29-24(33)16-20(17-25(29)34)8-7-15-38(2,3)4;2-1-3/h9-14,16-19,30H,15H2,1-6H3,(H,35,36);1H,(H,2,3)/q+1;/p-1. The van der Waals surface area contributed by atoms with Gasteiger partial charge in [0.25, 0.3) is 0 Å². The van der Waals surface area contributed by atoms with Gasteiger partial charge in [-0.15, -0.1) is 0 Å². The lowest BCUT2D eigenvalue weighted by atomic mass is 10.0. The Bertz CT molecular complexity index is 1610. The van der Waals surface area contributed by atoms with Crippen LogP contribution in [0, 0.1) is 29.3 Å². The number of carbonyl (C=O) groups excluding carboxylic acids is 1. The van der Waals surface area contributed by atoms with Crippen LogP contribution in [0.5, 0.6) is 11.5 Å². The number of halogens is 3. The number of rotatable bonds is 9. The van der Waals surface area contributed by atoms with Gasteiger partial charge in [-0.05, 0) is 47.9 Å². The van der Waals surface area contributed by atoms with E-state index in [0.717, 1.165) is 17.4 Å². The van der Waals surface area contributed by atoms with Gasteiger partial charge in [0.1, 0.15) is 29.8 Å². The molecule has 0 fully saturated rings. The molecule has 0 saturated heterocycles. The number of imidazole rings is 1. The van der Waals surface area contributed by atoms with E-state index < -0.39 is 29.2 Å². The van der Waals surface area contributed by atoms with Gasteiger partial charge in [0, 0.05) is 36.4 Å². The molecule has 0 radical (unpaired) electrons. The minimum absolute atomic E-state index is 0.162. The zero-order chi connectivity index (χ0) is 32.4. The van der Waals surface area contributed by atoms with Crippen molar-refractivity contribution in [3.05, 3.63) is 94.9 Å². The number of carboxylic acid groups (broad SMARTS) is 1. The summed E-state index contributed by atoms with van der Waals surface area (Å²) in [4.78, 5) is 17.8. The number of H-pyrrole nitrogens is 1. The quantitative estimate of drug-likeness (QED) is 0.122. The second-order valence-corrected chi connectivity index (χ2v) is 11.5. The normalized spacial score (nSPS) is 11.4. The summed E-state index contributed by atoms with van der Waals surface area (Å²) in [5, 5.41) is 7.82. The number of carbonyl (C=O) groups is 1. The summed E-state index contributed by atoms with van der Waals surface area (Å²) in [6.45, 7) is 0.0254. The second-order valence-electron chi connectivity index (χ2n) is 10.4. The Labute approximate surface area is 259 Å². The highest BCUT2D eigenvalue weighted by Crippen LogP contribution is 2.42. The van der Waals surface area contributed by atoms with Gasteiger partial charge >= 0.3 is 0 Å². The average Bonchev–Trinajstić information content (AvgIpc) is 3.44. The summed E-state index contributed by atoms with van der Waals surface area (Å²) in [6.07, 6.45) is 1.62. The van der Waals surface area contributed by atoms with E-state index in [0.29, 0.717) is 39.1 Å². The van der Waals surface area contributed by atoms with Crippen molar-refractivity contribution in [1.29, 1.82) is 0 Å².